The Morgan fingerprint density at radius 3 is 2.84 bits per heavy atom. The molecule has 108 valence electrons. The summed E-state index contributed by atoms with van der Waals surface area (Å²) in [5.74, 6) is 0.702. The Bertz CT molecular complexity index is 384. The van der Waals surface area contributed by atoms with Crippen molar-refractivity contribution >= 4 is 11.6 Å². The Labute approximate surface area is 121 Å². The average Bonchev–Trinajstić information content (AvgIpc) is 3.07. The van der Waals surface area contributed by atoms with Crippen LogP contribution in [0.15, 0.2) is 12.3 Å². The highest BCUT2D eigenvalue weighted by Crippen LogP contribution is 2.28. The van der Waals surface area contributed by atoms with Gasteiger partial charge in [-0.1, -0.05) is 19.8 Å². The molecule has 1 aliphatic rings. The summed E-state index contributed by atoms with van der Waals surface area (Å²) in [7, 11) is 0. The monoisotopic (exact) mass is 283 g/mol. The van der Waals surface area contributed by atoms with Crippen LogP contribution in [-0.4, -0.2) is 21.2 Å². The van der Waals surface area contributed by atoms with Crippen molar-refractivity contribution in [1.29, 1.82) is 0 Å². The number of hydrogen-bond donors (Lipinski definition) is 1. The molecule has 1 heterocycles. The fourth-order valence-electron chi connectivity index (χ4n) is 2.75. The van der Waals surface area contributed by atoms with Gasteiger partial charge >= 0.3 is 0 Å². The van der Waals surface area contributed by atoms with E-state index in [9.17, 15) is 0 Å². The molecule has 1 unspecified atom stereocenters. The molecular weight excluding hydrogens is 258 g/mol. The van der Waals surface area contributed by atoms with E-state index in [1.807, 2.05) is 0 Å². The number of nitrogens with zero attached hydrogens (tertiary/aromatic N) is 2. The van der Waals surface area contributed by atoms with Gasteiger partial charge < -0.3 is 5.32 Å². The Kier molecular flexibility index (Phi) is 5.28. The molecule has 0 saturated heterocycles. The molecule has 0 radical (unpaired) electrons. The highest BCUT2D eigenvalue weighted by Gasteiger charge is 2.21. The largest absolute Gasteiger partial charge is 0.306 e. The van der Waals surface area contributed by atoms with Crippen molar-refractivity contribution in [2.24, 2.45) is 0 Å². The van der Waals surface area contributed by atoms with Crippen LogP contribution in [0.1, 0.15) is 64.1 Å². The van der Waals surface area contributed by atoms with E-state index < -0.39 is 0 Å². The zero-order chi connectivity index (χ0) is 13.7. The predicted octanol–water partition coefficient (Wildman–Crippen LogP) is 3.89. The van der Waals surface area contributed by atoms with E-state index in [2.05, 4.69) is 36.1 Å². The van der Waals surface area contributed by atoms with Crippen molar-refractivity contribution in [3.8, 4) is 0 Å². The lowest BCUT2D eigenvalue weighted by molar-refractivity contribution is 0.328. The molecule has 1 fully saturated rings. The van der Waals surface area contributed by atoms with Gasteiger partial charge in [-0.15, -0.1) is 11.6 Å². The maximum atomic E-state index is 5.88. The molecule has 19 heavy (non-hydrogen) atoms. The zero-order valence-corrected chi connectivity index (χ0v) is 12.9. The third kappa shape index (κ3) is 3.96. The summed E-state index contributed by atoms with van der Waals surface area (Å²) in [6.45, 7) is 5.28. The first-order chi connectivity index (χ1) is 9.17. The molecule has 1 aliphatic carbocycles. The van der Waals surface area contributed by atoms with E-state index in [4.69, 9.17) is 16.7 Å². The van der Waals surface area contributed by atoms with Crippen LogP contribution in [0.4, 0.5) is 0 Å². The van der Waals surface area contributed by atoms with Gasteiger partial charge in [-0.3, -0.25) is 4.68 Å². The lowest BCUT2D eigenvalue weighted by atomic mass is 9.95. The van der Waals surface area contributed by atoms with Gasteiger partial charge in [0.15, 0.2) is 0 Å². The summed E-state index contributed by atoms with van der Waals surface area (Å²) in [6, 6.07) is 2.77. The quantitative estimate of drug-likeness (QED) is 0.770. The maximum absolute atomic E-state index is 5.88. The molecule has 0 bridgehead atoms. The standard InChI is InChI=1S/C15H26ClN3/c1-3-15(2,9-10-16)17-12-13-8-11-19(18-13)14-6-4-5-7-14/h8,11,14,17H,3-7,9-10,12H2,1-2H3. The van der Waals surface area contributed by atoms with Crippen molar-refractivity contribution in [3.63, 3.8) is 0 Å². The molecule has 0 aliphatic heterocycles. The molecule has 0 aromatic carbocycles. The van der Waals surface area contributed by atoms with E-state index in [1.165, 1.54) is 25.7 Å². The minimum atomic E-state index is 0.124. The summed E-state index contributed by atoms with van der Waals surface area (Å²) < 4.78 is 2.16. The van der Waals surface area contributed by atoms with E-state index in [-0.39, 0.29) is 5.54 Å². The van der Waals surface area contributed by atoms with Crippen LogP contribution in [0, 0.1) is 0 Å². The van der Waals surface area contributed by atoms with Crippen LogP contribution in [0.25, 0.3) is 0 Å². The molecule has 0 spiro atoms. The molecule has 1 aromatic rings. The van der Waals surface area contributed by atoms with E-state index >= 15 is 0 Å². The minimum absolute atomic E-state index is 0.124. The minimum Gasteiger partial charge on any atom is -0.306 e. The molecule has 2 rings (SSSR count). The van der Waals surface area contributed by atoms with Crippen molar-refractivity contribution in [2.75, 3.05) is 5.88 Å². The second-order valence-electron chi connectivity index (χ2n) is 5.93. The van der Waals surface area contributed by atoms with Gasteiger partial charge in [-0.05, 0) is 38.7 Å². The average molecular weight is 284 g/mol. The lowest BCUT2D eigenvalue weighted by Crippen LogP contribution is -2.41. The van der Waals surface area contributed by atoms with Gasteiger partial charge in [-0.2, -0.15) is 5.10 Å². The van der Waals surface area contributed by atoms with E-state index in [0.717, 1.165) is 25.1 Å². The first kappa shape index (κ1) is 14.9. The Balaban J connectivity index is 1.89. The predicted molar refractivity (Wildman–Crippen MR) is 80.6 cm³/mol. The highest BCUT2D eigenvalue weighted by atomic mass is 35.5. The molecule has 4 heteroatoms. The smallest absolute Gasteiger partial charge is 0.0762 e. The number of alkyl halides is 1. The second kappa shape index (κ2) is 6.76. The fourth-order valence-corrected chi connectivity index (χ4v) is 3.16. The van der Waals surface area contributed by atoms with Crippen molar-refractivity contribution in [2.45, 2.75) is 70.5 Å². The normalized spacial score (nSPS) is 19.7. The van der Waals surface area contributed by atoms with Gasteiger partial charge in [0.2, 0.25) is 0 Å². The van der Waals surface area contributed by atoms with Gasteiger partial charge in [0.05, 0.1) is 11.7 Å². The topological polar surface area (TPSA) is 29.9 Å². The molecular formula is C15H26ClN3. The van der Waals surface area contributed by atoms with Crippen molar-refractivity contribution in [1.82, 2.24) is 15.1 Å². The van der Waals surface area contributed by atoms with Crippen LogP contribution < -0.4 is 5.32 Å². The highest BCUT2D eigenvalue weighted by molar-refractivity contribution is 6.17. The third-order valence-corrected chi connectivity index (χ3v) is 4.67. The number of rotatable bonds is 7. The second-order valence-corrected chi connectivity index (χ2v) is 6.31. The number of nitrogens with one attached hydrogen (secondary N) is 1. The summed E-state index contributed by atoms with van der Waals surface area (Å²) in [6.07, 6.45) is 9.49. The number of aromatic nitrogens is 2. The molecule has 0 amide bonds. The number of halogens is 1. The lowest BCUT2D eigenvalue weighted by Gasteiger charge is -2.28. The Morgan fingerprint density at radius 1 is 1.47 bits per heavy atom. The van der Waals surface area contributed by atoms with Gasteiger partial charge in [0.25, 0.3) is 0 Å². The molecule has 1 N–H and O–H groups in total. The summed E-state index contributed by atoms with van der Waals surface area (Å²) in [4.78, 5) is 0. The van der Waals surface area contributed by atoms with Crippen LogP contribution in [0.5, 0.6) is 0 Å². The van der Waals surface area contributed by atoms with Gasteiger partial charge in [0, 0.05) is 24.2 Å². The van der Waals surface area contributed by atoms with Crippen LogP contribution in [0.3, 0.4) is 0 Å². The van der Waals surface area contributed by atoms with Gasteiger partial charge in [0.1, 0.15) is 0 Å². The van der Waals surface area contributed by atoms with Crippen LogP contribution >= 0.6 is 11.6 Å². The van der Waals surface area contributed by atoms with Crippen molar-refractivity contribution in [3.05, 3.63) is 18.0 Å². The zero-order valence-electron chi connectivity index (χ0n) is 12.2. The maximum Gasteiger partial charge on any atom is 0.0762 e. The van der Waals surface area contributed by atoms with E-state index in [0.29, 0.717) is 11.9 Å². The first-order valence-electron chi connectivity index (χ1n) is 7.52. The molecule has 3 nitrogen and oxygen atoms in total. The van der Waals surface area contributed by atoms with Crippen LogP contribution in [-0.2, 0) is 6.54 Å². The molecule has 1 aromatic heterocycles. The fraction of sp³-hybridized carbons (Fsp3) is 0.800. The van der Waals surface area contributed by atoms with Crippen molar-refractivity contribution < 1.29 is 0 Å². The first-order valence-corrected chi connectivity index (χ1v) is 8.05. The SMILES string of the molecule is CCC(C)(CCCl)NCc1ccn(C2CCCC2)n1. The summed E-state index contributed by atoms with van der Waals surface area (Å²) in [5, 5.41) is 8.32. The van der Waals surface area contributed by atoms with Gasteiger partial charge in [-0.25, -0.2) is 0 Å². The summed E-state index contributed by atoms with van der Waals surface area (Å²) in [5.41, 5.74) is 1.26. The number of hydrogen-bond acceptors (Lipinski definition) is 2. The van der Waals surface area contributed by atoms with E-state index in [1.54, 1.807) is 0 Å². The summed E-state index contributed by atoms with van der Waals surface area (Å²) >= 11 is 5.88. The third-order valence-electron chi connectivity index (χ3n) is 4.49. The molecule has 1 atom stereocenters. The Morgan fingerprint density at radius 2 is 2.21 bits per heavy atom. The van der Waals surface area contributed by atoms with Crippen LogP contribution in [0.2, 0.25) is 0 Å². The Hall–Kier alpha value is -0.540. The molecule has 1 saturated carbocycles.